The van der Waals surface area contributed by atoms with Gasteiger partial charge in [0.05, 0.1) is 18.9 Å². The zero-order valence-corrected chi connectivity index (χ0v) is 18.2. The van der Waals surface area contributed by atoms with E-state index in [1.165, 1.54) is 19.5 Å². The van der Waals surface area contributed by atoms with Crippen LogP contribution < -0.4 is 5.32 Å². The van der Waals surface area contributed by atoms with Crippen LogP contribution in [0.25, 0.3) is 0 Å². The molecule has 28 heavy (non-hydrogen) atoms. The minimum Gasteiger partial charge on any atom is -0.357 e. The minimum atomic E-state index is 0.458. The molecule has 3 heterocycles. The molecule has 3 unspecified atom stereocenters. The fourth-order valence-electron chi connectivity index (χ4n) is 4.38. The lowest BCUT2D eigenvalue weighted by atomic mass is 9.93. The molecule has 1 aromatic heterocycles. The van der Waals surface area contributed by atoms with Crippen molar-refractivity contribution < 1.29 is 0 Å². The standard InChI is InChI=1S/C21H39N7/c1-5-23-21(24-15-19(4)26-13-11-25(6-2)12-14-26)27-9-7-18(3)20(16-27)28-10-8-22-17-28/h8,10,17-20H,5-7,9,11-16H2,1-4H3,(H,23,24). The molecule has 0 aliphatic carbocycles. The number of hydrogen-bond acceptors (Lipinski definition) is 4. The van der Waals surface area contributed by atoms with Crippen molar-refractivity contribution in [3.8, 4) is 0 Å². The summed E-state index contributed by atoms with van der Waals surface area (Å²) in [6.45, 7) is 18.8. The first-order chi connectivity index (χ1) is 13.6. The van der Waals surface area contributed by atoms with Crippen molar-refractivity contribution >= 4 is 5.96 Å². The zero-order chi connectivity index (χ0) is 19.9. The van der Waals surface area contributed by atoms with Crippen molar-refractivity contribution in [2.45, 2.75) is 46.2 Å². The summed E-state index contributed by atoms with van der Waals surface area (Å²) >= 11 is 0. The maximum Gasteiger partial charge on any atom is 0.194 e. The highest BCUT2D eigenvalue weighted by Crippen LogP contribution is 2.27. The molecule has 7 heteroatoms. The molecule has 2 saturated heterocycles. The third-order valence-corrected chi connectivity index (χ3v) is 6.44. The van der Waals surface area contributed by atoms with Gasteiger partial charge in [0.1, 0.15) is 0 Å². The lowest BCUT2D eigenvalue weighted by Gasteiger charge is -2.40. The topological polar surface area (TPSA) is 51.9 Å². The summed E-state index contributed by atoms with van der Waals surface area (Å²) in [5.74, 6) is 1.72. The number of imidazole rings is 1. The molecule has 3 atom stereocenters. The average Bonchev–Trinajstić information content (AvgIpc) is 3.26. The molecule has 1 N–H and O–H groups in total. The van der Waals surface area contributed by atoms with Gasteiger partial charge in [-0.25, -0.2) is 4.98 Å². The van der Waals surface area contributed by atoms with Gasteiger partial charge in [0.15, 0.2) is 5.96 Å². The Labute approximate surface area is 170 Å². The van der Waals surface area contributed by atoms with E-state index in [0.29, 0.717) is 18.0 Å². The Morgan fingerprint density at radius 2 is 2.00 bits per heavy atom. The van der Waals surface area contributed by atoms with Crippen LogP contribution in [-0.4, -0.2) is 95.2 Å². The number of nitrogens with one attached hydrogen (secondary N) is 1. The number of aliphatic imine (C=N–C) groups is 1. The van der Waals surface area contributed by atoms with Crippen molar-refractivity contribution in [3.63, 3.8) is 0 Å². The van der Waals surface area contributed by atoms with Gasteiger partial charge in [-0.2, -0.15) is 0 Å². The molecule has 2 aliphatic heterocycles. The van der Waals surface area contributed by atoms with Crippen LogP contribution in [-0.2, 0) is 0 Å². The summed E-state index contributed by atoms with van der Waals surface area (Å²) in [7, 11) is 0. The lowest BCUT2D eigenvalue weighted by molar-refractivity contribution is 0.108. The van der Waals surface area contributed by atoms with Crippen molar-refractivity contribution in [2.24, 2.45) is 10.9 Å². The Balaban J connectivity index is 1.60. The highest BCUT2D eigenvalue weighted by atomic mass is 15.3. The Hall–Kier alpha value is -1.60. The second-order valence-electron chi connectivity index (χ2n) is 8.30. The summed E-state index contributed by atoms with van der Waals surface area (Å²) in [6.07, 6.45) is 7.10. The molecular weight excluding hydrogens is 350 g/mol. The number of rotatable bonds is 6. The summed E-state index contributed by atoms with van der Waals surface area (Å²) in [6, 6.07) is 0.945. The van der Waals surface area contributed by atoms with Crippen molar-refractivity contribution in [1.29, 1.82) is 0 Å². The molecule has 1 aromatic rings. The Morgan fingerprint density at radius 1 is 1.21 bits per heavy atom. The number of likely N-dealkylation sites (tertiary alicyclic amines) is 1. The Kier molecular flexibility index (Phi) is 7.73. The van der Waals surface area contributed by atoms with Crippen molar-refractivity contribution in [3.05, 3.63) is 18.7 Å². The van der Waals surface area contributed by atoms with Gasteiger partial charge in [-0.3, -0.25) is 9.89 Å². The van der Waals surface area contributed by atoms with Gasteiger partial charge in [0.25, 0.3) is 0 Å². The fraction of sp³-hybridized carbons (Fsp3) is 0.810. The maximum absolute atomic E-state index is 5.04. The van der Waals surface area contributed by atoms with Crippen molar-refractivity contribution in [1.82, 2.24) is 29.6 Å². The third-order valence-electron chi connectivity index (χ3n) is 6.44. The number of hydrogen-bond donors (Lipinski definition) is 1. The molecule has 0 bridgehead atoms. The first kappa shape index (κ1) is 21.1. The lowest BCUT2D eigenvalue weighted by Crippen LogP contribution is -2.51. The van der Waals surface area contributed by atoms with E-state index < -0.39 is 0 Å². The number of piperazine rings is 1. The number of piperidine rings is 1. The SMILES string of the molecule is CCNC(=NCC(C)N1CCN(CC)CC1)N1CCC(C)C(n2ccnc2)C1. The first-order valence-electron chi connectivity index (χ1n) is 11.1. The van der Waals surface area contributed by atoms with Gasteiger partial charge in [0.2, 0.25) is 0 Å². The molecule has 7 nitrogen and oxygen atoms in total. The molecular formula is C21H39N7. The van der Waals surface area contributed by atoms with Crippen LogP contribution in [0.4, 0.5) is 0 Å². The summed E-state index contributed by atoms with van der Waals surface area (Å²) in [5.41, 5.74) is 0. The van der Waals surface area contributed by atoms with E-state index in [-0.39, 0.29) is 0 Å². The second-order valence-corrected chi connectivity index (χ2v) is 8.30. The molecule has 2 aliphatic rings. The van der Waals surface area contributed by atoms with E-state index >= 15 is 0 Å². The highest BCUT2D eigenvalue weighted by molar-refractivity contribution is 5.80. The Morgan fingerprint density at radius 3 is 2.64 bits per heavy atom. The van der Waals surface area contributed by atoms with Crippen LogP contribution in [0.2, 0.25) is 0 Å². The highest BCUT2D eigenvalue weighted by Gasteiger charge is 2.29. The summed E-state index contributed by atoms with van der Waals surface area (Å²) < 4.78 is 2.26. The predicted octanol–water partition coefficient (Wildman–Crippen LogP) is 1.76. The van der Waals surface area contributed by atoms with Gasteiger partial charge in [0, 0.05) is 64.2 Å². The van der Waals surface area contributed by atoms with Crippen LogP contribution in [0.5, 0.6) is 0 Å². The first-order valence-corrected chi connectivity index (χ1v) is 11.1. The molecule has 0 spiro atoms. The molecule has 3 rings (SSSR count). The smallest absolute Gasteiger partial charge is 0.194 e. The molecule has 0 radical (unpaired) electrons. The number of likely N-dealkylation sites (N-methyl/N-ethyl adjacent to an activating group) is 1. The fourth-order valence-corrected chi connectivity index (χ4v) is 4.38. The monoisotopic (exact) mass is 389 g/mol. The Bertz CT molecular complexity index is 592. The quantitative estimate of drug-likeness (QED) is 0.593. The maximum atomic E-state index is 5.04. The van der Waals surface area contributed by atoms with E-state index in [0.717, 1.165) is 51.8 Å². The normalized spacial score (nSPS) is 26.4. The molecule has 158 valence electrons. The van der Waals surface area contributed by atoms with Crippen LogP contribution in [0.3, 0.4) is 0 Å². The van der Waals surface area contributed by atoms with E-state index in [1.807, 2.05) is 12.5 Å². The molecule has 0 saturated carbocycles. The third kappa shape index (κ3) is 5.26. The van der Waals surface area contributed by atoms with E-state index in [4.69, 9.17) is 4.99 Å². The number of nitrogens with zero attached hydrogens (tertiary/aromatic N) is 6. The number of guanidine groups is 1. The average molecular weight is 390 g/mol. The summed E-state index contributed by atoms with van der Waals surface area (Å²) in [5, 5.41) is 3.53. The van der Waals surface area contributed by atoms with E-state index in [2.05, 4.69) is 63.5 Å². The largest absolute Gasteiger partial charge is 0.357 e. The van der Waals surface area contributed by atoms with E-state index in [1.54, 1.807) is 0 Å². The zero-order valence-electron chi connectivity index (χ0n) is 18.2. The van der Waals surface area contributed by atoms with Gasteiger partial charge in [-0.1, -0.05) is 13.8 Å². The van der Waals surface area contributed by atoms with Gasteiger partial charge < -0.3 is 19.7 Å². The van der Waals surface area contributed by atoms with Gasteiger partial charge in [-0.15, -0.1) is 0 Å². The predicted molar refractivity (Wildman–Crippen MR) is 116 cm³/mol. The van der Waals surface area contributed by atoms with Crippen molar-refractivity contribution in [2.75, 3.05) is 58.9 Å². The summed E-state index contributed by atoms with van der Waals surface area (Å²) in [4.78, 5) is 16.9. The van der Waals surface area contributed by atoms with Crippen LogP contribution in [0.15, 0.2) is 23.7 Å². The minimum absolute atomic E-state index is 0.458. The van der Waals surface area contributed by atoms with Gasteiger partial charge in [-0.05, 0) is 32.7 Å². The molecule has 2 fully saturated rings. The van der Waals surface area contributed by atoms with Crippen LogP contribution >= 0.6 is 0 Å². The van der Waals surface area contributed by atoms with Gasteiger partial charge >= 0.3 is 0 Å². The second kappa shape index (κ2) is 10.3. The van der Waals surface area contributed by atoms with E-state index in [9.17, 15) is 0 Å². The van der Waals surface area contributed by atoms with Crippen LogP contribution in [0.1, 0.15) is 40.2 Å². The molecule has 0 aromatic carbocycles. The molecule has 0 amide bonds. The van der Waals surface area contributed by atoms with Crippen LogP contribution in [0, 0.1) is 5.92 Å². The number of aromatic nitrogens is 2.